The van der Waals surface area contributed by atoms with E-state index in [1.807, 2.05) is 13.8 Å². The first-order valence-corrected chi connectivity index (χ1v) is 10.7. The molecular formula is C22H39NO5S. The van der Waals surface area contributed by atoms with Gasteiger partial charge in [-0.15, -0.1) is 12.6 Å². The Morgan fingerprint density at radius 1 is 0.724 bits per heavy atom. The Balaban J connectivity index is 0.00000204. The number of anilines is 1. The highest BCUT2D eigenvalue weighted by molar-refractivity contribution is 7.80. The summed E-state index contributed by atoms with van der Waals surface area (Å²) in [5.41, 5.74) is 6.29. The predicted octanol–water partition coefficient (Wildman–Crippen LogP) is 4.46. The Morgan fingerprint density at radius 3 is 1.93 bits per heavy atom. The molecule has 1 aliphatic rings. The van der Waals surface area contributed by atoms with E-state index in [1.165, 1.54) is 0 Å². The maximum absolute atomic E-state index is 6.04. The maximum atomic E-state index is 6.04. The minimum Gasteiger partial charge on any atom is -0.489 e. The largest absolute Gasteiger partial charge is 0.489 e. The van der Waals surface area contributed by atoms with Crippen molar-refractivity contribution < 1.29 is 23.7 Å². The van der Waals surface area contributed by atoms with E-state index >= 15 is 0 Å². The standard InChI is InChI=1S/C20H33NO5S.C2H6/c1-19(2)11-23-6-5-22-7-8-25-16-9-15(21)18(27)10-17(16)26-14-20(3,4)13-24-12-19;1-2/h9-10,27H,5-8,11-14,21H2,1-4H3;1-2H3. The van der Waals surface area contributed by atoms with Crippen LogP contribution in [0, 0.1) is 10.8 Å². The van der Waals surface area contributed by atoms with E-state index in [0.717, 1.165) is 0 Å². The number of nitrogens with two attached hydrogens (primary N) is 1. The summed E-state index contributed by atoms with van der Waals surface area (Å²) in [7, 11) is 0. The molecule has 1 aromatic carbocycles. The summed E-state index contributed by atoms with van der Waals surface area (Å²) in [5, 5.41) is 0. The molecule has 0 atom stereocenters. The van der Waals surface area contributed by atoms with Crippen molar-refractivity contribution >= 4 is 18.3 Å². The molecule has 6 nitrogen and oxygen atoms in total. The van der Waals surface area contributed by atoms with Crippen LogP contribution in [0.3, 0.4) is 0 Å². The summed E-state index contributed by atoms with van der Waals surface area (Å²) >= 11 is 4.39. The topological polar surface area (TPSA) is 72.2 Å². The van der Waals surface area contributed by atoms with E-state index in [2.05, 4.69) is 40.3 Å². The number of fused-ring (bicyclic) bond motifs is 1. The molecule has 0 saturated carbocycles. The van der Waals surface area contributed by atoms with Gasteiger partial charge >= 0.3 is 0 Å². The quantitative estimate of drug-likeness (QED) is 0.469. The van der Waals surface area contributed by atoms with Gasteiger partial charge in [-0.05, 0) is 6.07 Å². The first-order chi connectivity index (χ1) is 13.7. The molecule has 0 aromatic heterocycles. The molecule has 0 amide bonds. The van der Waals surface area contributed by atoms with Gasteiger partial charge in [0.15, 0.2) is 11.5 Å². The smallest absolute Gasteiger partial charge is 0.163 e. The number of rotatable bonds is 0. The fraction of sp³-hybridized carbons (Fsp3) is 0.727. The SMILES string of the molecule is CC.CC1(C)COCCOCCOc2cc(N)c(S)cc2OCC(C)(C)COC1. The summed E-state index contributed by atoms with van der Waals surface area (Å²) in [6.45, 7) is 16.7. The van der Waals surface area contributed by atoms with Gasteiger partial charge in [0.2, 0.25) is 0 Å². The molecule has 0 saturated heterocycles. The first-order valence-electron chi connectivity index (χ1n) is 10.3. The third-order valence-corrected chi connectivity index (χ3v) is 4.43. The van der Waals surface area contributed by atoms with Crippen LogP contribution < -0.4 is 15.2 Å². The van der Waals surface area contributed by atoms with Gasteiger partial charge in [-0.2, -0.15) is 0 Å². The van der Waals surface area contributed by atoms with Crippen molar-refractivity contribution in [1.82, 2.24) is 0 Å². The number of benzene rings is 1. The molecule has 0 fully saturated rings. The normalized spacial score (nSPS) is 20.7. The minimum atomic E-state index is -0.163. The second kappa shape index (κ2) is 12.5. The summed E-state index contributed by atoms with van der Waals surface area (Å²) in [6.07, 6.45) is 0. The number of thiol groups is 1. The Bertz CT molecular complexity index is 607. The van der Waals surface area contributed by atoms with Gasteiger partial charge in [-0.1, -0.05) is 41.5 Å². The van der Waals surface area contributed by atoms with Gasteiger partial charge in [-0.3, -0.25) is 0 Å². The molecule has 2 N–H and O–H groups in total. The zero-order valence-corrected chi connectivity index (χ0v) is 19.8. The Morgan fingerprint density at radius 2 is 1.24 bits per heavy atom. The molecule has 0 aliphatic carbocycles. The van der Waals surface area contributed by atoms with Crippen LogP contribution >= 0.6 is 12.6 Å². The molecule has 0 bridgehead atoms. The van der Waals surface area contributed by atoms with Crippen LogP contribution in [0.25, 0.3) is 0 Å². The zero-order chi connectivity index (χ0) is 21.9. The number of hydrogen-bond donors (Lipinski definition) is 2. The highest BCUT2D eigenvalue weighted by atomic mass is 32.1. The third-order valence-electron chi connectivity index (χ3n) is 4.05. The molecule has 168 valence electrons. The lowest BCUT2D eigenvalue weighted by molar-refractivity contribution is -0.0420. The van der Waals surface area contributed by atoms with E-state index in [1.54, 1.807) is 12.1 Å². The van der Waals surface area contributed by atoms with E-state index in [0.29, 0.717) is 74.9 Å². The molecule has 29 heavy (non-hydrogen) atoms. The average Bonchev–Trinajstić information content (AvgIpc) is 2.66. The van der Waals surface area contributed by atoms with Crippen LogP contribution in [0.2, 0.25) is 0 Å². The molecule has 0 unspecified atom stereocenters. The zero-order valence-electron chi connectivity index (χ0n) is 18.9. The molecular weight excluding hydrogens is 390 g/mol. The van der Waals surface area contributed by atoms with Crippen LogP contribution in [0.5, 0.6) is 11.5 Å². The summed E-state index contributed by atoms with van der Waals surface area (Å²) in [5.74, 6) is 1.21. The van der Waals surface area contributed by atoms with Crippen LogP contribution in [0.15, 0.2) is 17.0 Å². The highest BCUT2D eigenvalue weighted by Gasteiger charge is 2.24. The van der Waals surface area contributed by atoms with Crippen molar-refractivity contribution in [1.29, 1.82) is 0 Å². The number of nitrogen functional groups attached to an aromatic ring is 1. The van der Waals surface area contributed by atoms with Gasteiger partial charge < -0.3 is 29.4 Å². The molecule has 1 aliphatic heterocycles. The van der Waals surface area contributed by atoms with E-state index in [-0.39, 0.29) is 10.8 Å². The fourth-order valence-electron chi connectivity index (χ4n) is 2.53. The van der Waals surface area contributed by atoms with Crippen LogP contribution in [-0.2, 0) is 14.2 Å². The fourth-order valence-corrected chi connectivity index (χ4v) is 2.71. The molecule has 0 radical (unpaired) electrons. The average molecular weight is 430 g/mol. The second-order valence-corrected chi connectivity index (χ2v) is 8.96. The first kappa shape index (κ1) is 25.9. The molecule has 2 rings (SSSR count). The highest BCUT2D eigenvalue weighted by Crippen LogP contribution is 2.35. The number of hydrogen-bond acceptors (Lipinski definition) is 7. The molecule has 1 heterocycles. The van der Waals surface area contributed by atoms with Gasteiger partial charge in [-0.25, -0.2) is 0 Å². The van der Waals surface area contributed by atoms with Crippen molar-refractivity contribution in [2.45, 2.75) is 46.4 Å². The van der Waals surface area contributed by atoms with E-state index < -0.39 is 0 Å². The third kappa shape index (κ3) is 9.94. The summed E-state index contributed by atoms with van der Waals surface area (Å²) in [6, 6.07) is 3.53. The van der Waals surface area contributed by atoms with Gasteiger partial charge in [0.1, 0.15) is 6.61 Å². The van der Waals surface area contributed by atoms with Crippen molar-refractivity contribution in [2.75, 3.05) is 58.6 Å². The number of ether oxygens (including phenoxy) is 5. The monoisotopic (exact) mass is 429 g/mol. The predicted molar refractivity (Wildman–Crippen MR) is 120 cm³/mol. The lowest BCUT2D eigenvalue weighted by Gasteiger charge is -2.29. The van der Waals surface area contributed by atoms with Crippen molar-refractivity contribution in [3.8, 4) is 11.5 Å². The Kier molecular flexibility index (Phi) is 11.2. The summed E-state index contributed by atoms with van der Waals surface area (Å²) in [4.78, 5) is 0.660. The van der Waals surface area contributed by atoms with Crippen molar-refractivity contribution in [3.05, 3.63) is 12.1 Å². The van der Waals surface area contributed by atoms with Gasteiger partial charge in [0.25, 0.3) is 0 Å². The maximum Gasteiger partial charge on any atom is 0.163 e. The van der Waals surface area contributed by atoms with Crippen molar-refractivity contribution in [3.63, 3.8) is 0 Å². The van der Waals surface area contributed by atoms with Gasteiger partial charge in [0.05, 0.1) is 46.2 Å². The molecule has 1 aromatic rings. The van der Waals surface area contributed by atoms with Crippen LogP contribution in [0.4, 0.5) is 5.69 Å². The molecule has 7 heteroatoms. The Labute approximate surface area is 181 Å². The van der Waals surface area contributed by atoms with Crippen molar-refractivity contribution in [2.24, 2.45) is 10.8 Å². The van der Waals surface area contributed by atoms with E-state index in [4.69, 9.17) is 29.4 Å². The summed E-state index contributed by atoms with van der Waals surface area (Å²) < 4.78 is 29.1. The molecule has 0 spiro atoms. The lowest BCUT2D eigenvalue weighted by atomic mass is 9.94. The lowest BCUT2D eigenvalue weighted by Crippen LogP contribution is -2.32. The minimum absolute atomic E-state index is 0.0565. The second-order valence-electron chi connectivity index (χ2n) is 8.48. The van der Waals surface area contributed by atoms with Crippen LogP contribution in [-0.4, -0.2) is 52.9 Å². The van der Waals surface area contributed by atoms with Gasteiger partial charge in [0, 0.05) is 27.5 Å². The van der Waals surface area contributed by atoms with Crippen LogP contribution in [0.1, 0.15) is 41.5 Å². The van der Waals surface area contributed by atoms with E-state index in [9.17, 15) is 0 Å². The Hall–Kier alpha value is -1.15.